The molecule has 2 heterocycles. The molecule has 1 aliphatic carbocycles. The predicted molar refractivity (Wildman–Crippen MR) is 85.3 cm³/mol. The maximum atomic E-state index is 13.1. The Labute approximate surface area is 144 Å². The number of anilines is 1. The number of rotatable bonds is 4. The van der Waals surface area contributed by atoms with E-state index in [-0.39, 0.29) is 22.7 Å². The van der Waals surface area contributed by atoms with Crippen LogP contribution >= 0.6 is 11.3 Å². The largest absolute Gasteiger partial charge is 0.435 e. The van der Waals surface area contributed by atoms with Crippen LogP contribution in [0.1, 0.15) is 40.2 Å². The number of hydrogen-bond acceptors (Lipinski definition) is 4. The van der Waals surface area contributed by atoms with Gasteiger partial charge in [0.1, 0.15) is 11.5 Å². The van der Waals surface area contributed by atoms with E-state index in [1.165, 1.54) is 6.07 Å². The minimum absolute atomic E-state index is 0.164. The van der Waals surface area contributed by atoms with E-state index in [4.69, 9.17) is 5.73 Å². The standard InChI is InChI=1S/C15H15F3N4O2S/c16-15(17,18)12-8-3-1-2-4-10(8)22(21-12)7-11(23)20-14-9(13(19)24)5-6-25-14/h5-6H,1-4,7H2,(H2,19,24)(H,20,23). The Kier molecular flexibility index (Phi) is 4.55. The van der Waals surface area contributed by atoms with Crippen molar-refractivity contribution in [2.24, 2.45) is 5.73 Å². The summed E-state index contributed by atoms with van der Waals surface area (Å²) in [6.45, 7) is -0.353. The van der Waals surface area contributed by atoms with Gasteiger partial charge in [0, 0.05) is 11.3 Å². The number of amides is 2. The van der Waals surface area contributed by atoms with E-state index in [1.54, 1.807) is 5.38 Å². The van der Waals surface area contributed by atoms with Gasteiger partial charge in [0.2, 0.25) is 5.91 Å². The molecular weight excluding hydrogens is 357 g/mol. The maximum absolute atomic E-state index is 13.1. The topological polar surface area (TPSA) is 90.0 Å². The molecule has 2 aromatic rings. The molecule has 0 bridgehead atoms. The van der Waals surface area contributed by atoms with Crippen LogP contribution in [-0.2, 0) is 30.4 Å². The van der Waals surface area contributed by atoms with E-state index in [2.05, 4.69) is 10.4 Å². The lowest BCUT2D eigenvalue weighted by Gasteiger charge is -2.14. The number of thiophene rings is 1. The fraction of sp³-hybridized carbons (Fsp3) is 0.400. The summed E-state index contributed by atoms with van der Waals surface area (Å²) >= 11 is 1.11. The van der Waals surface area contributed by atoms with E-state index >= 15 is 0 Å². The van der Waals surface area contributed by atoms with E-state index < -0.39 is 23.7 Å². The normalized spacial score (nSPS) is 14.2. The number of nitrogens with zero attached hydrogens (tertiary/aromatic N) is 2. The molecule has 134 valence electrons. The lowest BCUT2D eigenvalue weighted by molar-refractivity contribution is -0.142. The summed E-state index contributed by atoms with van der Waals surface area (Å²) in [5.41, 5.74) is 5.09. The molecular formula is C15H15F3N4O2S. The third-order valence-corrected chi connectivity index (χ3v) is 4.83. The summed E-state index contributed by atoms with van der Waals surface area (Å²) in [6.07, 6.45) is -2.35. The molecule has 0 fully saturated rings. The molecule has 0 aromatic carbocycles. The lowest BCUT2D eigenvalue weighted by Crippen LogP contribution is -2.23. The third kappa shape index (κ3) is 3.53. The van der Waals surface area contributed by atoms with Gasteiger partial charge in [-0.05, 0) is 37.1 Å². The van der Waals surface area contributed by atoms with Crippen LogP contribution in [0.15, 0.2) is 11.4 Å². The SMILES string of the molecule is NC(=O)c1ccsc1NC(=O)Cn1nc(C(F)(F)F)c2c1CCCC2. The molecule has 10 heteroatoms. The first-order chi connectivity index (χ1) is 11.8. The van der Waals surface area contributed by atoms with E-state index in [0.29, 0.717) is 25.0 Å². The molecule has 1 aliphatic rings. The third-order valence-electron chi connectivity index (χ3n) is 4.00. The summed E-state index contributed by atoms with van der Waals surface area (Å²) in [4.78, 5) is 23.5. The summed E-state index contributed by atoms with van der Waals surface area (Å²) in [7, 11) is 0. The van der Waals surface area contributed by atoms with Crippen molar-refractivity contribution in [1.29, 1.82) is 0 Å². The molecule has 0 saturated heterocycles. The second-order valence-corrected chi connectivity index (χ2v) is 6.63. The first-order valence-corrected chi connectivity index (χ1v) is 8.48. The number of fused-ring (bicyclic) bond motifs is 1. The highest BCUT2D eigenvalue weighted by molar-refractivity contribution is 7.14. The zero-order valence-electron chi connectivity index (χ0n) is 13.0. The molecule has 0 saturated carbocycles. The van der Waals surface area contributed by atoms with Crippen molar-refractivity contribution in [2.75, 3.05) is 5.32 Å². The average molecular weight is 372 g/mol. The van der Waals surface area contributed by atoms with Gasteiger partial charge in [-0.1, -0.05) is 0 Å². The van der Waals surface area contributed by atoms with Crippen LogP contribution in [0.2, 0.25) is 0 Å². The van der Waals surface area contributed by atoms with Gasteiger partial charge in [0.25, 0.3) is 5.91 Å². The molecule has 0 aliphatic heterocycles. The van der Waals surface area contributed by atoms with Gasteiger partial charge >= 0.3 is 6.18 Å². The van der Waals surface area contributed by atoms with Gasteiger partial charge in [-0.25, -0.2) is 0 Å². The van der Waals surface area contributed by atoms with Gasteiger partial charge < -0.3 is 11.1 Å². The Balaban J connectivity index is 1.83. The number of carbonyl (C=O) groups excluding carboxylic acids is 2. The maximum Gasteiger partial charge on any atom is 0.435 e. The Hall–Kier alpha value is -2.36. The second-order valence-electron chi connectivity index (χ2n) is 5.71. The fourth-order valence-corrected chi connectivity index (χ4v) is 3.74. The molecule has 25 heavy (non-hydrogen) atoms. The van der Waals surface area contributed by atoms with Crippen molar-refractivity contribution in [2.45, 2.75) is 38.4 Å². The average Bonchev–Trinajstić information content (AvgIpc) is 3.12. The predicted octanol–water partition coefficient (Wildman–Crippen LogP) is 2.58. The minimum atomic E-state index is -4.55. The molecule has 0 spiro atoms. The summed E-state index contributed by atoms with van der Waals surface area (Å²) < 4.78 is 40.6. The zero-order valence-corrected chi connectivity index (χ0v) is 13.8. The van der Waals surface area contributed by atoms with Crippen LogP contribution in [0.25, 0.3) is 0 Å². The molecule has 3 N–H and O–H groups in total. The number of alkyl halides is 3. The van der Waals surface area contributed by atoms with Crippen molar-refractivity contribution < 1.29 is 22.8 Å². The van der Waals surface area contributed by atoms with E-state index in [0.717, 1.165) is 22.4 Å². The highest BCUT2D eigenvalue weighted by Gasteiger charge is 2.39. The first-order valence-electron chi connectivity index (χ1n) is 7.60. The highest BCUT2D eigenvalue weighted by atomic mass is 32.1. The number of nitrogens with one attached hydrogen (secondary N) is 1. The number of hydrogen-bond donors (Lipinski definition) is 2. The van der Waals surface area contributed by atoms with Crippen LogP contribution in [0, 0.1) is 0 Å². The van der Waals surface area contributed by atoms with Crippen molar-refractivity contribution in [3.63, 3.8) is 0 Å². The number of nitrogens with two attached hydrogens (primary N) is 1. The summed E-state index contributed by atoms with van der Waals surface area (Å²) in [6, 6.07) is 1.47. The number of primary amides is 1. The van der Waals surface area contributed by atoms with Crippen molar-refractivity contribution in [3.05, 3.63) is 34.0 Å². The van der Waals surface area contributed by atoms with Gasteiger partial charge in [-0.2, -0.15) is 18.3 Å². The van der Waals surface area contributed by atoms with Crippen molar-refractivity contribution in [1.82, 2.24) is 9.78 Å². The molecule has 2 aromatic heterocycles. The second kappa shape index (κ2) is 6.51. The van der Waals surface area contributed by atoms with Crippen LogP contribution in [0.4, 0.5) is 18.2 Å². The summed E-state index contributed by atoms with van der Waals surface area (Å²) in [5, 5.41) is 8.01. The molecule has 3 rings (SSSR count). The van der Waals surface area contributed by atoms with E-state index in [1.807, 2.05) is 0 Å². The molecule has 0 unspecified atom stereocenters. The highest BCUT2D eigenvalue weighted by Crippen LogP contribution is 2.35. The molecule has 2 amide bonds. The van der Waals surface area contributed by atoms with Crippen LogP contribution < -0.4 is 11.1 Å². The fourth-order valence-electron chi connectivity index (χ4n) is 2.93. The van der Waals surface area contributed by atoms with Crippen LogP contribution in [0.5, 0.6) is 0 Å². The van der Waals surface area contributed by atoms with Crippen molar-refractivity contribution >= 4 is 28.2 Å². The van der Waals surface area contributed by atoms with Gasteiger partial charge in [-0.15, -0.1) is 11.3 Å². The molecule has 0 atom stereocenters. The van der Waals surface area contributed by atoms with E-state index in [9.17, 15) is 22.8 Å². The number of halogens is 3. The van der Waals surface area contributed by atoms with Crippen LogP contribution in [0.3, 0.4) is 0 Å². The van der Waals surface area contributed by atoms with Gasteiger partial charge in [0.05, 0.1) is 5.56 Å². The lowest BCUT2D eigenvalue weighted by atomic mass is 9.95. The Morgan fingerprint density at radius 3 is 2.72 bits per heavy atom. The van der Waals surface area contributed by atoms with Crippen molar-refractivity contribution in [3.8, 4) is 0 Å². The monoisotopic (exact) mass is 372 g/mol. The van der Waals surface area contributed by atoms with Gasteiger partial charge in [-0.3, -0.25) is 14.3 Å². The molecule has 6 nitrogen and oxygen atoms in total. The Morgan fingerprint density at radius 2 is 2.04 bits per heavy atom. The minimum Gasteiger partial charge on any atom is -0.366 e. The quantitative estimate of drug-likeness (QED) is 0.864. The Morgan fingerprint density at radius 1 is 1.32 bits per heavy atom. The molecule has 0 radical (unpaired) electrons. The number of aromatic nitrogens is 2. The Bertz CT molecular complexity index is 825. The smallest absolute Gasteiger partial charge is 0.366 e. The first kappa shape index (κ1) is 17.5. The number of carbonyl (C=O) groups is 2. The zero-order chi connectivity index (χ0) is 18.2. The van der Waals surface area contributed by atoms with Crippen LogP contribution in [-0.4, -0.2) is 21.6 Å². The summed E-state index contributed by atoms with van der Waals surface area (Å²) in [5.74, 6) is -1.25. The van der Waals surface area contributed by atoms with Gasteiger partial charge in [0.15, 0.2) is 5.69 Å².